The Morgan fingerprint density at radius 2 is 1.79 bits per heavy atom. The molecule has 0 spiro atoms. The van der Waals surface area contributed by atoms with Crippen molar-refractivity contribution in [1.29, 1.82) is 0 Å². The van der Waals surface area contributed by atoms with Crippen LogP contribution in [-0.4, -0.2) is 54.9 Å². The van der Waals surface area contributed by atoms with Crippen molar-refractivity contribution in [3.8, 4) is 5.75 Å². The van der Waals surface area contributed by atoms with Gasteiger partial charge in [-0.1, -0.05) is 28.1 Å². The van der Waals surface area contributed by atoms with E-state index in [1.807, 2.05) is 42.5 Å². The first-order valence-electron chi connectivity index (χ1n) is 9.42. The number of furan rings is 1. The molecule has 3 aromatic rings. The van der Waals surface area contributed by atoms with Crippen molar-refractivity contribution in [2.45, 2.75) is 6.42 Å². The highest BCUT2D eigenvalue weighted by atomic mass is 79.9. The van der Waals surface area contributed by atoms with E-state index in [-0.39, 0.29) is 11.8 Å². The lowest BCUT2D eigenvalue weighted by Crippen LogP contribution is -2.50. The number of halogens is 1. The molecule has 0 radical (unpaired) electrons. The van der Waals surface area contributed by atoms with Crippen LogP contribution in [0.1, 0.15) is 16.1 Å². The van der Waals surface area contributed by atoms with Crippen LogP contribution in [0.15, 0.2) is 57.4 Å². The monoisotopic (exact) mass is 456 g/mol. The Morgan fingerprint density at radius 3 is 2.55 bits per heavy atom. The van der Waals surface area contributed by atoms with Crippen LogP contribution in [-0.2, 0) is 11.2 Å². The summed E-state index contributed by atoms with van der Waals surface area (Å²) in [5.41, 5.74) is 1.60. The van der Waals surface area contributed by atoms with Crippen molar-refractivity contribution in [2.75, 3.05) is 33.3 Å². The van der Waals surface area contributed by atoms with Crippen LogP contribution in [0, 0.1) is 0 Å². The van der Waals surface area contributed by atoms with Crippen LogP contribution in [0.25, 0.3) is 11.0 Å². The molecule has 0 atom stereocenters. The standard InChI is InChI=1S/C22H21BrN2O4/c1-28-18-4-2-3-15(11-18)12-21(26)24-7-9-25(10-8-24)22(27)20-14-16-13-17(23)5-6-19(16)29-20/h2-6,11,13-14H,7-10,12H2,1H3. The predicted molar refractivity (Wildman–Crippen MR) is 113 cm³/mol. The number of ether oxygens (including phenoxy) is 1. The maximum atomic E-state index is 12.8. The quantitative estimate of drug-likeness (QED) is 0.599. The van der Waals surface area contributed by atoms with Crippen LogP contribution < -0.4 is 4.74 Å². The summed E-state index contributed by atoms with van der Waals surface area (Å²) < 4.78 is 11.9. The fourth-order valence-electron chi connectivity index (χ4n) is 3.50. The van der Waals surface area contributed by atoms with E-state index in [4.69, 9.17) is 9.15 Å². The number of methoxy groups -OCH3 is 1. The molecule has 2 aromatic carbocycles. The Kier molecular flexibility index (Phi) is 5.58. The molecule has 150 valence electrons. The van der Waals surface area contributed by atoms with Gasteiger partial charge in [-0.05, 0) is 42.0 Å². The van der Waals surface area contributed by atoms with E-state index in [0.29, 0.717) is 43.9 Å². The number of benzene rings is 2. The average molecular weight is 457 g/mol. The molecule has 0 saturated carbocycles. The summed E-state index contributed by atoms with van der Waals surface area (Å²) in [6.07, 6.45) is 0.323. The van der Waals surface area contributed by atoms with Gasteiger partial charge in [-0.15, -0.1) is 0 Å². The van der Waals surface area contributed by atoms with Crippen molar-refractivity contribution in [1.82, 2.24) is 9.80 Å². The zero-order valence-electron chi connectivity index (χ0n) is 16.1. The molecule has 29 heavy (non-hydrogen) atoms. The SMILES string of the molecule is COc1cccc(CC(=O)N2CCN(C(=O)c3cc4cc(Br)ccc4o3)CC2)c1. The number of carbonyl (C=O) groups excluding carboxylic acids is 2. The lowest BCUT2D eigenvalue weighted by atomic mass is 10.1. The highest BCUT2D eigenvalue weighted by Gasteiger charge is 2.26. The second-order valence-corrected chi connectivity index (χ2v) is 7.91. The van der Waals surface area contributed by atoms with Gasteiger partial charge < -0.3 is 19.0 Å². The summed E-state index contributed by atoms with van der Waals surface area (Å²) in [4.78, 5) is 29.0. The van der Waals surface area contributed by atoms with Gasteiger partial charge in [-0.25, -0.2) is 0 Å². The third-order valence-corrected chi connectivity index (χ3v) is 5.59. The van der Waals surface area contributed by atoms with Crippen LogP contribution in [0.4, 0.5) is 0 Å². The fourth-order valence-corrected chi connectivity index (χ4v) is 3.88. The van der Waals surface area contributed by atoms with E-state index in [1.165, 1.54) is 0 Å². The second-order valence-electron chi connectivity index (χ2n) is 6.99. The molecule has 7 heteroatoms. The summed E-state index contributed by atoms with van der Waals surface area (Å²) in [6, 6.07) is 14.9. The normalized spacial score (nSPS) is 14.3. The van der Waals surface area contributed by atoms with Gasteiger partial charge in [-0.3, -0.25) is 9.59 Å². The van der Waals surface area contributed by atoms with Gasteiger partial charge in [0, 0.05) is 36.0 Å². The van der Waals surface area contributed by atoms with E-state index in [2.05, 4.69) is 15.9 Å². The summed E-state index contributed by atoms with van der Waals surface area (Å²) in [7, 11) is 1.61. The molecule has 1 aliphatic heterocycles. The lowest BCUT2D eigenvalue weighted by molar-refractivity contribution is -0.131. The Hall–Kier alpha value is -2.80. The maximum Gasteiger partial charge on any atom is 0.289 e. The number of hydrogen-bond donors (Lipinski definition) is 0. The highest BCUT2D eigenvalue weighted by molar-refractivity contribution is 9.10. The van der Waals surface area contributed by atoms with E-state index < -0.39 is 0 Å². The molecule has 0 N–H and O–H groups in total. The molecule has 1 fully saturated rings. The number of rotatable bonds is 4. The zero-order valence-corrected chi connectivity index (χ0v) is 17.6. The van der Waals surface area contributed by atoms with E-state index >= 15 is 0 Å². The fraction of sp³-hybridized carbons (Fsp3) is 0.273. The first-order chi connectivity index (χ1) is 14.0. The lowest BCUT2D eigenvalue weighted by Gasteiger charge is -2.34. The molecule has 1 aromatic heterocycles. The van der Waals surface area contributed by atoms with Gasteiger partial charge in [0.15, 0.2) is 5.76 Å². The van der Waals surface area contributed by atoms with Crippen LogP contribution in [0.2, 0.25) is 0 Å². The van der Waals surface area contributed by atoms with E-state index in [1.54, 1.807) is 23.0 Å². The van der Waals surface area contributed by atoms with E-state index in [0.717, 1.165) is 21.2 Å². The Balaban J connectivity index is 1.36. The number of nitrogens with zero attached hydrogens (tertiary/aromatic N) is 2. The molecule has 1 saturated heterocycles. The number of piperazine rings is 1. The van der Waals surface area contributed by atoms with Crippen molar-refractivity contribution >= 4 is 38.7 Å². The molecule has 1 aliphatic rings. The molecular formula is C22H21BrN2O4. The topological polar surface area (TPSA) is 63.0 Å². The molecule has 4 rings (SSSR count). The van der Waals surface area contributed by atoms with Gasteiger partial charge in [-0.2, -0.15) is 0 Å². The van der Waals surface area contributed by atoms with Crippen molar-refractivity contribution in [2.24, 2.45) is 0 Å². The van der Waals surface area contributed by atoms with Gasteiger partial charge in [0.05, 0.1) is 13.5 Å². The first kappa shape index (κ1) is 19.5. The first-order valence-corrected chi connectivity index (χ1v) is 10.2. The van der Waals surface area contributed by atoms with Crippen LogP contribution in [0.3, 0.4) is 0 Å². The van der Waals surface area contributed by atoms with E-state index in [9.17, 15) is 9.59 Å². The van der Waals surface area contributed by atoms with Gasteiger partial charge in [0.25, 0.3) is 5.91 Å². The summed E-state index contributed by atoms with van der Waals surface area (Å²) in [5.74, 6) is 0.981. The van der Waals surface area contributed by atoms with Crippen molar-refractivity contribution in [3.05, 3.63) is 64.3 Å². The molecule has 0 aliphatic carbocycles. The minimum absolute atomic E-state index is 0.0546. The maximum absolute atomic E-state index is 12.8. The van der Waals surface area contributed by atoms with Gasteiger partial charge in [0.2, 0.25) is 5.91 Å². The van der Waals surface area contributed by atoms with Gasteiger partial charge in [0.1, 0.15) is 11.3 Å². The third kappa shape index (κ3) is 4.29. The smallest absolute Gasteiger partial charge is 0.289 e. The zero-order chi connectivity index (χ0) is 20.4. The third-order valence-electron chi connectivity index (χ3n) is 5.10. The molecule has 2 heterocycles. The Bertz CT molecular complexity index is 1050. The highest BCUT2D eigenvalue weighted by Crippen LogP contribution is 2.24. The summed E-state index contributed by atoms with van der Waals surface area (Å²) >= 11 is 3.43. The number of amides is 2. The Morgan fingerprint density at radius 1 is 1.03 bits per heavy atom. The molecule has 0 unspecified atom stereocenters. The Labute approximate surface area is 177 Å². The van der Waals surface area contributed by atoms with Crippen molar-refractivity contribution in [3.63, 3.8) is 0 Å². The van der Waals surface area contributed by atoms with Crippen LogP contribution >= 0.6 is 15.9 Å². The number of carbonyl (C=O) groups is 2. The number of fused-ring (bicyclic) bond motifs is 1. The number of hydrogen-bond acceptors (Lipinski definition) is 4. The molecule has 0 bridgehead atoms. The molecule has 6 nitrogen and oxygen atoms in total. The average Bonchev–Trinajstić information content (AvgIpc) is 3.16. The minimum Gasteiger partial charge on any atom is -0.497 e. The summed E-state index contributed by atoms with van der Waals surface area (Å²) in [6.45, 7) is 2.01. The summed E-state index contributed by atoms with van der Waals surface area (Å²) in [5, 5.41) is 0.884. The van der Waals surface area contributed by atoms with Gasteiger partial charge >= 0.3 is 0 Å². The second kappa shape index (κ2) is 8.29. The molecule has 2 amide bonds. The van der Waals surface area contributed by atoms with Crippen molar-refractivity contribution < 1.29 is 18.7 Å². The molecular weight excluding hydrogens is 436 g/mol. The minimum atomic E-state index is -0.141. The largest absolute Gasteiger partial charge is 0.497 e. The predicted octanol–water partition coefficient (Wildman–Crippen LogP) is 3.73. The van der Waals surface area contributed by atoms with Crippen LogP contribution in [0.5, 0.6) is 5.75 Å².